The summed E-state index contributed by atoms with van der Waals surface area (Å²) in [5, 5.41) is 0. The van der Waals surface area contributed by atoms with Crippen LogP contribution in [0.15, 0.2) is 18.2 Å². The smallest absolute Gasteiger partial charge is 0.254 e. The predicted molar refractivity (Wildman–Crippen MR) is 96.9 cm³/mol. The molecule has 0 N–H and O–H groups in total. The molecule has 1 aromatic carbocycles. The van der Waals surface area contributed by atoms with Crippen molar-refractivity contribution in [2.24, 2.45) is 0 Å². The predicted octanol–water partition coefficient (Wildman–Crippen LogP) is 0.422. The molecular formula is C19H25N3O5. The second kappa shape index (κ2) is 8.14. The zero-order valence-electron chi connectivity index (χ0n) is 15.4. The molecule has 4 rings (SSSR count). The number of benzene rings is 1. The number of hydrogen-bond acceptors (Lipinski definition) is 6. The maximum absolute atomic E-state index is 12.7. The molecule has 0 saturated carbocycles. The number of carbonyl (C=O) groups is 2. The third-order valence-electron chi connectivity index (χ3n) is 5.28. The highest BCUT2D eigenvalue weighted by Gasteiger charge is 2.26. The number of fused-ring (bicyclic) bond motifs is 1. The Morgan fingerprint density at radius 1 is 0.889 bits per heavy atom. The number of hydrogen-bond donors (Lipinski definition) is 0. The lowest BCUT2D eigenvalue weighted by Gasteiger charge is -2.35. The summed E-state index contributed by atoms with van der Waals surface area (Å²) in [6.45, 7) is 6.51. The summed E-state index contributed by atoms with van der Waals surface area (Å²) in [5.41, 5.74) is 0.589. The van der Waals surface area contributed by atoms with Crippen LogP contribution in [0.25, 0.3) is 0 Å². The molecule has 0 atom stereocenters. The topological polar surface area (TPSA) is 71.6 Å². The van der Waals surface area contributed by atoms with Crippen molar-refractivity contribution < 1.29 is 23.8 Å². The minimum absolute atomic E-state index is 0.0336. The van der Waals surface area contributed by atoms with Crippen molar-refractivity contribution in [3.05, 3.63) is 23.8 Å². The summed E-state index contributed by atoms with van der Waals surface area (Å²) in [7, 11) is 0. The minimum atomic E-state index is -0.0336. The fraction of sp³-hybridized carbons (Fsp3) is 0.579. The number of nitrogens with zero attached hydrogens (tertiary/aromatic N) is 3. The quantitative estimate of drug-likeness (QED) is 0.760. The van der Waals surface area contributed by atoms with Gasteiger partial charge in [0.05, 0.1) is 13.2 Å². The number of amides is 2. The molecule has 0 radical (unpaired) electrons. The summed E-state index contributed by atoms with van der Waals surface area (Å²) in [6.07, 6.45) is 0.524. The monoisotopic (exact) mass is 375 g/mol. The zero-order chi connectivity index (χ0) is 18.6. The molecule has 2 amide bonds. The molecule has 27 heavy (non-hydrogen) atoms. The number of piperazine rings is 1. The first-order chi connectivity index (χ1) is 13.2. The molecule has 0 spiro atoms. The Kier molecular flexibility index (Phi) is 5.45. The summed E-state index contributed by atoms with van der Waals surface area (Å²) in [4.78, 5) is 31.1. The molecule has 3 aliphatic rings. The average Bonchev–Trinajstić information content (AvgIpc) is 3.20. The van der Waals surface area contributed by atoms with Crippen molar-refractivity contribution in [1.82, 2.24) is 14.7 Å². The van der Waals surface area contributed by atoms with Crippen molar-refractivity contribution >= 4 is 11.8 Å². The molecule has 8 heteroatoms. The first kappa shape index (κ1) is 18.1. The van der Waals surface area contributed by atoms with Crippen LogP contribution in [0.2, 0.25) is 0 Å². The standard InChI is InChI=1S/C19H25N3O5/c23-18(3-4-20-9-11-25-12-10-20)21-5-7-22(8-6-21)19(24)15-1-2-16-17(13-15)27-14-26-16/h1-2,13H,3-12,14H2. The van der Waals surface area contributed by atoms with E-state index < -0.39 is 0 Å². The van der Waals surface area contributed by atoms with E-state index in [1.807, 2.05) is 4.90 Å². The SMILES string of the molecule is O=C(CCN1CCOCC1)N1CCN(C(=O)c2ccc3c(c2)OCO3)CC1. The van der Waals surface area contributed by atoms with Gasteiger partial charge in [-0.1, -0.05) is 0 Å². The van der Waals surface area contributed by atoms with E-state index in [2.05, 4.69) is 4.90 Å². The van der Waals surface area contributed by atoms with Crippen LogP contribution in [0.3, 0.4) is 0 Å². The second-order valence-electron chi connectivity index (χ2n) is 6.95. The minimum Gasteiger partial charge on any atom is -0.454 e. The number of rotatable bonds is 4. The van der Waals surface area contributed by atoms with Crippen LogP contribution in [0.1, 0.15) is 16.8 Å². The van der Waals surface area contributed by atoms with Crippen LogP contribution >= 0.6 is 0 Å². The molecule has 2 fully saturated rings. The lowest BCUT2D eigenvalue weighted by atomic mass is 10.1. The Hall–Kier alpha value is -2.32. The van der Waals surface area contributed by atoms with E-state index in [0.717, 1.165) is 32.8 Å². The molecule has 3 aliphatic heterocycles. The van der Waals surface area contributed by atoms with Crippen molar-refractivity contribution in [2.75, 3.05) is 65.8 Å². The van der Waals surface area contributed by atoms with E-state index in [-0.39, 0.29) is 18.6 Å². The van der Waals surface area contributed by atoms with Gasteiger partial charge in [-0.2, -0.15) is 0 Å². The highest BCUT2D eigenvalue weighted by molar-refractivity contribution is 5.95. The molecule has 3 heterocycles. The van der Waals surface area contributed by atoms with Crippen molar-refractivity contribution in [3.8, 4) is 11.5 Å². The van der Waals surface area contributed by atoms with Crippen LogP contribution < -0.4 is 9.47 Å². The maximum Gasteiger partial charge on any atom is 0.254 e. The van der Waals surface area contributed by atoms with E-state index in [1.54, 1.807) is 23.1 Å². The Balaban J connectivity index is 1.25. The lowest BCUT2D eigenvalue weighted by Crippen LogP contribution is -2.51. The lowest BCUT2D eigenvalue weighted by molar-refractivity contribution is -0.133. The van der Waals surface area contributed by atoms with E-state index >= 15 is 0 Å². The molecule has 2 saturated heterocycles. The molecule has 0 aromatic heterocycles. The van der Waals surface area contributed by atoms with Crippen molar-refractivity contribution in [2.45, 2.75) is 6.42 Å². The highest BCUT2D eigenvalue weighted by atomic mass is 16.7. The fourth-order valence-corrected chi connectivity index (χ4v) is 3.61. The van der Waals surface area contributed by atoms with Gasteiger partial charge in [0.1, 0.15) is 0 Å². The van der Waals surface area contributed by atoms with Crippen LogP contribution in [0.5, 0.6) is 11.5 Å². The molecule has 0 unspecified atom stereocenters. The van der Waals surface area contributed by atoms with Gasteiger partial charge in [0.15, 0.2) is 11.5 Å². The Morgan fingerprint density at radius 2 is 1.59 bits per heavy atom. The van der Waals surface area contributed by atoms with E-state index in [1.165, 1.54) is 0 Å². The van der Waals surface area contributed by atoms with E-state index in [4.69, 9.17) is 14.2 Å². The Labute approximate surface area is 158 Å². The van der Waals surface area contributed by atoms with Gasteiger partial charge >= 0.3 is 0 Å². The second-order valence-corrected chi connectivity index (χ2v) is 6.95. The van der Waals surface area contributed by atoms with Crippen LogP contribution in [0.4, 0.5) is 0 Å². The fourth-order valence-electron chi connectivity index (χ4n) is 3.61. The highest BCUT2D eigenvalue weighted by Crippen LogP contribution is 2.32. The van der Waals surface area contributed by atoms with Crippen LogP contribution in [0, 0.1) is 0 Å². The summed E-state index contributed by atoms with van der Waals surface area (Å²) < 4.78 is 16.0. The molecule has 1 aromatic rings. The third kappa shape index (κ3) is 4.17. The van der Waals surface area contributed by atoms with Crippen LogP contribution in [-0.4, -0.2) is 92.3 Å². The summed E-state index contributed by atoms with van der Waals surface area (Å²) >= 11 is 0. The Morgan fingerprint density at radius 3 is 2.37 bits per heavy atom. The van der Waals surface area contributed by atoms with Gasteiger partial charge in [0.2, 0.25) is 12.7 Å². The Bertz CT molecular complexity index is 697. The van der Waals surface area contributed by atoms with Gasteiger partial charge in [-0.25, -0.2) is 0 Å². The normalized spacial score (nSPS) is 20.0. The largest absolute Gasteiger partial charge is 0.454 e. The van der Waals surface area contributed by atoms with Gasteiger partial charge in [0, 0.05) is 57.8 Å². The van der Waals surface area contributed by atoms with Gasteiger partial charge in [-0.05, 0) is 18.2 Å². The van der Waals surface area contributed by atoms with Crippen molar-refractivity contribution in [3.63, 3.8) is 0 Å². The zero-order valence-corrected chi connectivity index (χ0v) is 15.4. The van der Waals surface area contributed by atoms with Gasteiger partial charge in [-0.15, -0.1) is 0 Å². The molecular weight excluding hydrogens is 350 g/mol. The first-order valence-electron chi connectivity index (χ1n) is 9.47. The number of ether oxygens (including phenoxy) is 3. The first-order valence-corrected chi connectivity index (χ1v) is 9.47. The molecule has 8 nitrogen and oxygen atoms in total. The average molecular weight is 375 g/mol. The summed E-state index contributed by atoms with van der Waals surface area (Å²) in [5.74, 6) is 1.41. The third-order valence-corrected chi connectivity index (χ3v) is 5.28. The molecule has 146 valence electrons. The molecule has 0 bridgehead atoms. The van der Waals surface area contributed by atoms with E-state index in [9.17, 15) is 9.59 Å². The molecule has 0 aliphatic carbocycles. The number of carbonyl (C=O) groups excluding carboxylic acids is 2. The van der Waals surface area contributed by atoms with Crippen LogP contribution in [-0.2, 0) is 9.53 Å². The number of morpholine rings is 1. The van der Waals surface area contributed by atoms with E-state index in [0.29, 0.717) is 49.7 Å². The van der Waals surface area contributed by atoms with Gasteiger partial charge < -0.3 is 24.0 Å². The van der Waals surface area contributed by atoms with Gasteiger partial charge in [0.25, 0.3) is 5.91 Å². The maximum atomic E-state index is 12.7. The van der Waals surface area contributed by atoms with Gasteiger partial charge in [-0.3, -0.25) is 14.5 Å². The van der Waals surface area contributed by atoms with Crippen molar-refractivity contribution in [1.29, 1.82) is 0 Å². The summed E-state index contributed by atoms with van der Waals surface area (Å²) in [6, 6.07) is 5.25.